The van der Waals surface area contributed by atoms with Crippen molar-refractivity contribution < 1.29 is 9.59 Å². The Hall–Kier alpha value is -1.44. The lowest BCUT2D eigenvalue weighted by Crippen LogP contribution is -2.37. The van der Waals surface area contributed by atoms with E-state index in [1.807, 2.05) is 26.8 Å². The lowest BCUT2D eigenvalue weighted by atomic mass is 9.55. The second-order valence-electron chi connectivity index (χ2n) is 8.67. The Balaban J connectivity index is 0.000000389. The molecular formula is C25H38O2. The number of carbonyl (C=O) groups is 2. The highest BCUT2D eigenvalue weighted by molar-refractivity contribution is 5.92. The van der Waals surface area contributed by atoms with Crippen molar-refractivity contribution in [3.63, 3.8) is 0 Å². The van der Waals surface area contributed by atoms with Crippen molar-refractivity contribution in [2.24, 2.45) is 16.7 Å². The maximum absolute atomic E-state index is 11.8. The second kappa shape index (κ2) is 8.71. The Kier molecular flexibility index (Phi) is 7.05. The highest BCUT2D eigenvalue weighted by Crippen LogP contribution is 2.61. The molecule has 4 aliphatic rings. The summed E-state index contributed by atoms with van der Waals surface area (Å²) in [5, 5.41) is 0. The summed E-state index contributed by atoms with van der Waals surface area (Å²) in [4.78, 5) is 21.0. The topological polar surface area (TPSA) is 34.1 Å². The molecule has 0 aliphatic heterocycles. The molecule has 0 radical (unpaired) electrons. The number of hydrogen-bond donors (Lipinski definition) is 0. The molecule has 0 fully saturated rings. The Morgan fingerprint density at radius 3 is 2.41 bits per heavy atom. The SMILES string of the molecule is CC.CC1CC=C2C3=C(CCC21C)C1(C)CCC(=O)C=C1CC3.CCC=O. The number of ketones is 1. The molecule has 27 heavy (non-hydrogen) atoms. The van der Waals surface area contributed by atoms with E-state index in [-0.39, 0.29) is 5.41 Å². The fourth-order valence-electron chi connectivity index (χ4n) is 5.41. The summed E-state index contributed by atoms with van der Waals surface area (Å²) in [5.74, 6) is 1.14. The van der Waals surface area contributed by atoms with E-state index >= 15 is 0 Å². The molecule has 3 atom stereocenters. The van der Waals surface area contributed by atoms with Crippen molar-refractivity contribution in [3.8, 4) is 0 Å². The van der Waals surface area contributed by atoms with Gasteiger partial charge in [0.15, 0.2) is 5.78 Å². The first-order chi connectivity index (χ1) is 12.9. The van der Waals surface area contributed by atoms with Crippen LogP contribution >= 0.6 is 0 Å². The van der Waals surface area contributed by atoms with Gasteiger partial charge in [-0.3, -0.25) is 4.79 Å². The molecule has 0 spiro atoms. The molecule has 0 N–H and O–H groups in total. The second-order valence-corrected chi connectivity index (χ2v) is 8.67. The van der Waals surface area contributed by atoms with Gasteiger partial charge in [-0.15, -0.1) is 0 Å². The van der Waals surface area contributed by atoms with Gasteiger partial charge in [-0.2, -0.15) is 0 Å². The van der Waals surface area contributed by atoms with Gasteiger partial charge in [0, 0.05) is 18.3 Å². The standard InChI is InChI=1S/C20H26O.C3H6O.C2H6/c1-13-4-7-17-16-6-5-14-12-15(21)8-10-20(14,3)18(16)9-11-19(13,17)2;1-2-3-4;1-2/h7,12-13H,4-6,8-11H2,1-3H3;3H,2H2,1H3;1-2H3. The molecule has 0 amide bonds. The molecule has 4 aliphatic carbocycles. The zero-order chi connectivity index (χ0) is 20.2. The first-order valence-corrected chi connectivity index (χ1v) is 11.0. The quantitative estimate of drug-likeness (QED) is 0.478. The third kappa shape index (κ3) is 3.77. The summed E-state index contributed by atoms with van der Waals surface area (Å²) < 4.78 is 0. The number of fused-ring (bicyclic) bond motifs is 4. The molecular weight excluding hydrogens is 332 g/mol. The van der Waals surface area contributed by atoms with E-state index in [1.165, 1.54) is 24.8 Å². The summed E-state index contributed by atoms with van der Waals surface area (Å²) in [6.07, 6.45) is 13.9. The van der Waals surface area contributed by atoms with Gasteiger partial charge in [0.25, 0.3) is 0 Å². The number of hydrogen-bond acceptors (Lipinski definition) is 2. The van der Waals surface area contributed by atoms with Crippen LogP contribution in [0.1, 0.15) is 92.9 Å². The average Bonchev–Trinajstić information content (AvgIpc) is 2.99. The summed E-state index contributed by atoms with van der Waals surface area (Å²) in [5.41, 5.74) is 7.07. The molecule has 3 unspecified atom stereocenters. The van der Waals surface area contributed by atoms with Gasteiger partial charge in [-0.1, -0.05) is 58.8 Å². The maximum Gasteiger partial charge on any atom is 0.155 e. The molecule has 0 saturated heterocycles. The monoisotopic (exact) mass is 370 g/mol. The van der Waals surface area contributed by atoms with Crippen LogP contribution in [0.5, 0.6) is 0 Å². The van der Waals surface area contributed by atoms with Gasteiger partial charge in [0.05, 0.1) is 0 Å². The van der Waals surface area contributed by atoms with E-state index in [2.05, 4.69) is 26.8 Å². The molecule has 150 valence electrons. The first kappa shape index (κ1) is 21.9. The van der Waals surface area contributed by atoms with Crippen molar-refractivity contribution >= 4 is 12.1 Å². The van der Waals surface area contributed by atoms with Gasteiger partial charge >= 0.3 is 0 Å². The van der Waals surface area contributed by atoms with E-state index in [0.29, 0.717) is 17.6 Å². The van der Waals surface area contributed by atoms with Crippen LogP contribution in [0.4, 0.5) is 0 Å². The van der Waals surface area contributed by atoms with Crippen LogP contribution in [0.25, 0.3) is 0 Å². The summed E-state index contributed by atoms with van der Waals surface area (Å²) in [7, 11) is 0. The third-order valence-corrected chi connectivity index (χ3v) is 7.35. The molecule has 0 aromatic carbocycles. The van der Waals surface area contributed by atoms with E-state index in [1.54, 1.807) is 16.7 Å². The Bertz CT molecular complexity index is 678. The molecule has 2 nitrogen and oxygen atoms in total. The Morgan fingerprint density at radius 1 is 1.11 bits per heavy atom. The minimum atomic E-state index is 0.190. The van der Waals surface area contributed by atoms with Crippen molar-refractivity contribution in [2.75, 3.05) is 0 Å². The van der Waals surface area contributed by atoms with E-state index in [9.17, 15) is 9.59 Å². The van der Waals surface area contributed by atoms with Gasteiger partial charge in [0.1, 0.15) is 6.29 Å². The van der Waals surface area contributed by atoms with Crippen molar-refractivity contribution in [1.29, 1.82) is 0 Å². The number of aldehydes is 1. The van der Waals surface area contributed by atoms with Crippen molar-refractivity contribution in [1.82, 2.24) is 0 Å². The maximum atomic E-state index is 11.8. The largest absolute Gasteiger partial charge is 0.303 e. The normalized spacial score (nSPS) is 33.9. The van der Waals surface area contributed by atoms with E-state index in [0.717, 1.165) is 37.9 Å². The van der Waals surface area contributed by atoms with Crippen LogP contribution in [0.3, 0.4) is 0 Å². The lowest BCUT2D eigenvalue weighted by molar-refractivity contribution is -0.115. The zero-order valence-corrected chi connectivity index (χ0v) is 18.3. The van der Waals surface area contributed by atoms with Crippen LogP contribution in [0, 0.1) is 16.7 Å². The summed E-state index contributed by atoms with van der Waals surface area (Å²) in [6, 6.07) is 0. The van der Waals surface area contributed by atoms with Crippen LogP contribution < -0.4 is 0 Å². The fraction of sp³-hybridized carbons (Fsp3) is 0.680. The minimum Gasteiger partial charge on any atom is -0.303 e. The molecule has 0 aromatic rings. The van der Waals surface area contributed by atoms with E-state index < -0.39 is 0 Å². The molecule has 0 heterocycles. The van der Waals surface area contributed by atoms with Crippen LogP contribution in [-0.4, -0.2) is 12.1 Å². The van der Waals surface area contributed by atoms with E-state index in [4.69, 9.17) is 0 Å². The molecule has 0 bridgehead atoms. The number of carbonyl (C=O) groups excluding carboxylic acids is 2. The Labute approximate surface area is 166 Å². The smallest absolute Gasteiger partial charge is 0.155 e. The number of allylic oxidation sites excluding steroid dienone is 6. The Morgan fingerprint density at radius 2 is 1.78 bits per heavy atom. The molecule has 2 heteroatoms. The summed E-state index contributed by atoms with van der Waals surface area (Å²) in [6.45, 7) is 13.1. The third-order valence-electron chi connectivity index (χ3n) is 7.35. The predicted octanol–water partition coefficient (Wildman–Crippen LogP) is 6.76. The summed E-state index contributed by atoms with van der Waals surface area (Å²) >= 11 is 0. The van der Waals surface area contributed by atoms with Gasteiger partial charge in [-0.05, 0) is 67.1 Å². The van der Waals surface area contributed by atoms with Crippen LogP contribution in [0.2, 0.25) is 0 Å². The van der Waals surface area contributed by atoms with Gasteiger partial charge in [0.2, 0.25) is 0 Å². The average molecular weight is 371 g/mol. The van der Waals surface area contributed by atoms with Gasteiger partial charge < -0.3 is 4.79 Å². The van der Waals surface area contributed by atoms with Crippen LogP contribution in [0.15, 0.2) is 34.4 Å². The van der Waals surface area contributed by atoms with Crippen molar-refractivity contribution in [2.45, 2.75) is 92.9 Å². The minimum absolute atomic E-state index is 0.190. The zero-order valence-electron chi connectivity index (χ0n) is 18.3. The highest BCUT2D eigenvalue weighted by atomic mass is 16.1. The van der Waals surface area contributed by atoms with Crippen LogP contribution in [-0.2, 0) is 9.59 Å². The highest BCUT2D eigenvalue weighted by Gasteiger charge is 2.49. The number of rotatable bonds is 1. The molecule has 0 aromatic heterocycles. The lowest BCUT2D eigenvalue weighted by Gasteiger charge is -2.49. The predicted molar refractivity (Wildman–Crippen MR) is 114 cm³/mol. The fourth-order valence-corrected chi connectivity index (χ4v) is 5.41. The van der Waals surface area contributed by atoms with Crippen molar-refractivity contribution in [3.05, 3.63) is 34.4 Å². The molecule has 4 rings (SSSR count). The molecule has 0 saturated carbocycles. The first-order valence-electron chi connectivity index (χ1n) is 11.0. The van der Waals surface area contributed by atoms with Gasteiger partial charge in [-0.25, -0.2) is 0 Å².